The second kappa shape index (κ2) is 5.07. The first-order valence-electron chi connectivity index (χ1n) is 4.81. The van der Waals surface area contributed by atoms with Crippen LogP contribution >= 0.6 is 11.6 Å². The lowest BCUT2D eigenvalue weighted by atomic mass is 9.95. The van der Waals surface area contributed by atoms with Gasteiger partial charge >= 0.3 is 5.97 Å². The van der Waals surface area contributed by atoms with Gasteiger partial charge in [-0.25, -0.2) is 0 Å². The molecule has 0 radical (unpaired) electrons. The zero-order chi connectivity index (χ0) is 12.3. The Labute approximate surface area is 98.4 Å². The number of rotatable bonds is 4. The zero-order valence-corrected chi connectivity index (χ0v) is 9.78. The Balaban J connectivity index is 3.32. The minimum atomic E-state index is -0.942. The molecule has 0 heterocycles. The fraction of sp³-hybridized carbons (Fsp3) is 0.364. The highest BCUT2D eigenvalue weighted by Gasteiger charge is 2.24. The zero-order valence-electron chi connectivity index (χ0n) is 9.03. The van der Waals surface area contributed by atoms with Crippen LogP contribution in [-0.4, -0.2) is 23.3 Å². The van der Waals surface area contributed by atoms with Crippen molar-refractivity contribution in [1.29, 1.82) is 0 Å². The number of ether oxygens (including phenoxy) is 1. The topological polar surface area (TPSA) is 66.8 Å². The molecule has 88 valence electrons. The molecule has 0 aliphatic rings. The van der Waals surface area contributed by atoms with Crippen LogP contribution in [0.5, 0.6) is 11.5 Å². The van der Waals surface area contributed by atoms with Gasteiger partial charge in [0.1, 0.15) is 16.5 Å². The first-order chi connectivity index (χ1) is 7.52. The van der Waals surface area contributed by atoms with Crippen LogP contribution in [-0.2, 0) is 4.79 Å². The molecule has 2 N–H and O–H groups in total. The molecule has 0 saturated carbocycles. The number of carbonyl (C=O) groups is 1. The lowest BCUT2D eigenvalue weighted by molar-refractivity contribution is -0.138. The first-order valence-corrected chi connectivity index (χ1v) is 5.18. The fourth-order valence-corrected chi connectivity index (χ4v) is 1.82. The highest BCUT2D eigenvalue weighted by Crippen LogP contribution is 2.40. The minimum Gasteiger partial charge on any atom is -0.506 e. The number of carboxylic acids is 1. The summed E-state index contributed by atoms with van der Waals surface area (Å²) < 4.78 is 5.03. The van der Waals surface area contributed by atoms with Crippen LogP contribution in [0.2, 0.25) is 5.02 Å². The van der Waals surface area contributed by atoms with Gasteiger partial charge in [-0.3, -0.25) is 4.79 Å². The van der Waals surface area contributed by atoms with E-state index in [0.29, 0.717) is 12.0 Å². The molecule has 1 unspecified atom stereocenters. The van der Waals surface area contributed by atoms with E-state index in [4.69, 9.17) is 21.4 Å². The Morgan fingerprint density at radius 2 is 2.19 bits per heavy atom. The van der Waals surface area contributed by atoms with Crippen molar-refractivity contribution in [3.05, 3.63) is 22.7 Å². The van der Waals surface area contributed by atoms with E-state index in [1.807, 2.05) is 0 Å². The molecular weight excluding hydrogens is 232 g/mol. The predicted octanol–water partition coefficient (Wildman–Crippen LogP) is 2.63. The van der Waals surface area contributed by atoms with E-state index in [1.165, 1.54) is 19.2 Å². The molecule has 16 heavy (non-hydrogen) atoms. The van der Waals surface area contributed by atoms with E-state index in [0.717, 1.165) is 0 Å². The number of carboxylic acid groups (broad SMARTS) is 1. The maximum atomic E-state index is 11.0. The number of aliphatic carboxylic acids is 1. The largest absolute Gasteiger partial charge is 0.506 e. The van der Waals surface area contributed by atoms with Gasteiger partial charge in [-0.15, -0.1) is 0 Å². The monoisotopic (exact) mass is 244 g/mol. The van der Waals surface area contributed by atoms with Crippen LogP contribution in [0.15, 0.2) is 12.1 Å². The molecule has 0 bridgehead atoms. The minimum absolute atomic E-state index is 0.0414. The molecule has 0 spiro atoms. The van der Waals surface area contributed by atoms with Gasteiger partial charge in [-0.1, -0.05) is 24.6 Å². The van der Waals surface area contributed by atoms with Gasteiger partial charge < -0.3 is 14.9 Å². The third-order valence-electron chi connectivity index (χ3n) is 2.39. The molecule has 0 aliphatic carbocycles. The fourth-order valence-electron chi connectivity index (χ4n) is 1.57. The van der Waals surface area contributed by atoms with Crippen LogP contribution in [0.3, 0.4) is 0 Å². The molecule has 0 aliphatic heterocycles. The Kier molecular flexibility index (Phi) is 4.01. The SMILES string of the molecule is CCC(C(=O)O)c1ccc(O)c(Cl)c1OC. The number of aromatic hydroxyl groups is 1. The lowest BCUT2D eigenvalue weighted by Crippen LogP contribution is -2.11. The molecule has 1 aromatic rings. The molecule has 0 fully saturated rings. The summed E-state index contributed by atoms with van der Waals surface area (Å²) in [7, 11) is 1.39. The van der Waals surface area contributed by atoms with E-state index >= 15 is 0 Å². The number of phenols is 1. The van der Waals surface area contributed by atoms with Gasteiger partial charge in [0.05, 0.1) is 13.0 Å². The summed E-state index contributed by atoms with van der Waals surface area (Å²) in [5, 5.41) is 18.5. The van der Waals surface area contributed by atoms with E-state index in [2.05, 4.69) is 0 Å². The van der Waals surface area contributed by atoms with Gasteiger partial charge in [0, 0.05) is 5.56 Å². The summed E-state index contributed by atoms with van der Waals surface area (Å²) in [6.45, 7) is 1.76. The average Bonchev–Trinajstić information content (AvgIpc) is 2.24. The number of benzene rings is 1. The molecule has 1 aromatic carbocycles. The normalized spacial score (nSPS) is 12.2. The second-order valence-electron chi connectivity index (χ2n) is 3.32. The molecule has 1 rings (SSSR count). The Hall–Kier alpha value is -1.42. The standard InChI is InChI=1S/C11H13ClO4/c1-3-6(11(14)15)7-4-5-8(13)9(12)10(7)16-2/h4-6,13H,3H2,1-2H3,(H,14,15). The second-order valence-corrected chi connectivity index (χ2v) is 3.70. The lowest BCUT2D eigenvalue weighted by Gasteiger charge is -2.16. The summed E-state index contributed by atoms with van der Waals surface area (Å²) in [5.41, 5.74) is 0.473. The molecule has 4 nitrogen and oxygen atoms in total. The third kappa shape index (κ3) is 2.22. The van der Waals surface area contributed by atoms with Crippen LogP contribution < -0.4 is 4.74 Å². The van der Waals surface area contributed by atoms with Gasteiger partial charge in [0.2, 0.25) is 0 Å². The van der Waals surface area contributed by atoms with Crippen LogP contribution in [0, 0.1) is 0 Å². The molecular formula is C11H13ClO4. The first kappa shape index (κ1) is 12.6. The van der Waals surface area contributed by atoms with Crippen molar-refractivity contribution in [1.82, 2.24) is 0 Å². The van der Waals surface area contributed by atoms with Gasteiger partial charge in [-0.05, 0) is 12.5 Å². The van der Waals surface area contributed by atoms with Gasteiger partial charge in [0.25, 0.3) is 0 Å². The number of hydrogen-bond acceptors (Lipinski definition) is 3. The van der Waals surface area contributed by atoms with E-state index in [9.17, 15) is 9.90 Å². The van der Waals surface area contributed by atoms with Crippen LogP contribution in [0.4, 0.5) is 0 Å². The third-order valence-corrected chi connectivity index (χ3v) is 2.76. The summed E-state index contributed by atoms with van der Waals surface area (Å²) in [5.74, 6) is -1.53. The van der Waals surface area contributed by atoms with Crippen molar-refractivity contribution in [3.8, 4) is 11.5 Å². The van der Waals surface area contributed by atoms with E-state index in [1.54, 1.807) is 6.92 Å². The van der Waals surface area contributed by atoms with Crippen molar-refractivity contribution in [2.75, 3.05) is 7.11 Å². The molecule has 0 amide bonds. The van der Waals surface area contributed by atoms with Crippen LogP contribution in [0.1, 0.15) is 24.8 Å². The highest BCUT2D eigenvalue weighted by molar-refractivity contribution is 6.33. The Bertz CT molecular complexity index is 403. The quantitative estimate of drug-likeness (QED) is 0.855. The maximum absolute atomic E-state index is 11.0. The molecule has 1 atom stereocenters. The summed E-state index contributed by atoms with van der Waals surface area (Å²) in [6, 6.07) is 2.88. The highest BCUT2D eigenvalue weighted by atomic mass is 35.5. The molecule has 0 aromatic heterocycles. The van der Waals surface area contributed by atoms with Crippen molar-refractivity contribution in [2.45, 2.75) is 19.3 Å². The van der Waals surface area contributed by atoms with Crippen molar-refractivity contribution >= 4 is 17.6 Å². The Morgan fingerprint density at radius 3 is 2.62 bits per heavy atom. The smallest absolute Gasteiger partial charge is 0.311 e. The summed E-state index contributed by atoms with van der Waals surface area (Å²) in [6.07, 6.45) is 0.423. The van der Waals surface area contributed by atoms with Crippen molar-refractivity contribution in [2.24, 2.45) is 0 Å². The number of hydrogen-bond donors (Lipinski definition) is 2. The number of halogens is 1. The Morgan fingerprint density at radius 1 is 1.56 bits per heavy atom. The van der Waals surface area contributed by atoms with Crippen molar-refractivity contribution in [3.63, 3.8) is 0 Å². The van der Waals surface area contributed by atoms with Gasteiger partial charge in [0.15, 0.2) is 0 Å². The summed E-state index contributed by atoms with van der Waals surface area (Å²) >= 11 is 5.84. The predicted molar refractivity (Wildman–Crippen MR) is 60.3 cm³/mol. The average molecular weight is 245 g/mol. The van der Waals surface area contributed by atoms with E-state index in [-0.39, 0.29) is 16.5 Å². The van der Waals surface area contributed by atoms with Gasteiger partial charge in [-0.2, -0.15) is 0 Å². The molecule has 5 heteroatoms. The molecule has 0 saturated heterocycles. The summed E-state index contributed by atoms with van der Waals surface area (Å²) in [4.78, 5) is 11.0. The van der Waals surface area contributed by atoms with E-state index < -0.39 is 11.9 Å². The maximum Gasteiger partial charge on any atom is 0.311 e. The number of phenolic OH excluding ortho intramolecular Hbond substituents is 1. The van der Waals surface area contributed by atoms with Crippen molar-refractivity contribution < 1.29 is 19.7 Å². The number of methoxy groups -OCH3 is 1. The van der Waals surface area contributed by atoms with Crippen LogP contribution in [0.25, 0.3) is 0 Å².